The number of nitrogens with zero attached hydrogens (tertiary/aromatic N) is 2. The van der Waals surface area contributed by atoms with Gasteiger partial charge >= 0.3 is 0 Å². The fraction of sp³-hybridized carbons (Fsp3) is 0.857. The van der Waals surface area contributed by atoms with Gasteiger partial charge in [0.05, 0.1) is 19.8 Å². The second-order valence-corrected chi connectivity index (χ2v) is 14.6. The van der Waals surface area contributed by atoms with E-state index in [1.165, 1.54) is 180 Å². The van der Waals surface area contributed by atoms with Crippen LogP contribution in [-0.4, -0.2) is 36.4 Å². The molecule has 0 radical (unpaired) electrons. The van der Waals surface area contributed by atoms with Crippen LogP contribution in [0.2, 0.25) is 0 Å². The second kappa shape index (κ2) is 32.1. The third-order valence-corrected chi connectivity index (χ3v) is 10.0. The Morgan fingerprint density at radius 3 is 1.43 bits per heavy atom. The molecule has 0 aromatic carbocycles. The second-order valence-electron chi connectivity index (χ2n) is 14.6. The van der Waals surface area contributed by atoms with Crippen LogP contribution in [0.4, 0.5) is 0 Å². The van der Waals surface area contributed by atoms with Gasteiger partial charge in [-0.2, -0.15) is 4.99 Å². The SMILES string of the molecule is CCCCCCCCCCCCCCCCC=CC1=NC=C[N+]1(C)CCNC(=O)CCCCCCCCCCCCCCCCC. The quantitative estimate of drug-likeness (QED) is 0.0542. The molecule has 46 heavy (non-hydrogen) atoms. The van der Waals surface area contributed by atoms with Crippen molar-refractivity contribution in [2.75, 3.05) is 20.1 Å². The van der Waals surface area contributed by atoms with Gasteiger partial charge in [0.1, 0.15) is 12.7 Å². The van der Waals surface area contributed by atoms with Crippen molar-refractivity contribution in [3.63, 3.8) is 0 Å². The fourth-order valence-electron chi connectivity index (χ4n) is 6.69. The summed E-state index contributed by atoms with van der Waals surface area (Å²) in [6, 6.07) is 0. The minimum absolute atomic E-state index is 0.205. The number of allylic oxidation sites excluding steroid dienone is 1. The lowest BCUT2D eigenvalue weighted by molar-refractivity contribution is -0.761. The van der Waals surface area contributed by atoms with E-state index in [9.17, 15) is 4.79 Å². The molecule has 1 aliphatic heterocycles. The van der Waals surface area contributed by atoms with Crippen LogP contribution in [-0.2, 0) is 4.79 Å². The smallest absolute Gasteiger partial charge is 0.231 e. The number of amidine groups is 1. The summed E-state index contributed by atoms with van der Waals surface area (Å²) >= 11 is 0. The largest absolute Gasteiger partial charge is 0.350 e. The number of nitrogens with one attached hydrogen (secondary N) is 1. The summed E-state index contributed by atoms with van der Waals surface area (Å²) in [6.07, 6.45) is 50.4. The van der Waals surface area contributed by atoms with Crippen LogP contribution in [0.3, 0.4) is 0 Å². The number of unbranched alkanes of at least 4 members (excludes halogenated alkanes) is 28. The summed E-state index contributed by atoms with van der Waals surface area (Å²) in [5, 5.41) is 3.16. The van der Waals surface area contributed by atoms with Crippen molar-refractivity contribution in [3.8, 4) is 0 Å². The summed E-state index contributed by atoms with van der Waals surface area (Å²) in [5.74, 6) is 1.29. The van der Waals surface area contributed by atoms with Crippen molar-refractivity contribution in [1.82, 2.24) is 5.32 Å². The number of aliphatic imine (C=N–C) groups is 1. The zero-order valence-electron chi connectivity index (χ0n) is 31.4. The van der Waals surface area contributed by atoms with E-state index in [1.807, 2.05) is 6.20 Å². The van der Waals surface area contributed by atoms with Gasteiger partial charge in [-0.1, -0.05) is 193 Å². The Morgan fingerprint density at radius 2 is 1.00 bits per heavy atom. The number of carbonyl (C=O) groups excluding carboxylic acids is 1. The first kappa shape index (κ1) is 42.6. The van der Waals surface area contributed by atoms with Gasteiger partial charge < -0.3 is 5.32 Å². The van der Waals surface area contributed by atoms with E-state index in [-0.39, 0.29) is 5.91 Å². The molecule has 0 saturated heterocycles. The monoisotopic (exact) mass is 643 g/mol. The molecule has 1 unspecified atom stereocenters. The number of amides is 1. The van der Waals surface area contributed by atoms with Crippen molar-refractivity contribution >= 4 is 11.7 Å². The zero-order chi connectivity index (χ0) is 33.2. The molecule has 0 aromatic rings. The van der Waals surface area contributed by atoms with Gasteiger partial charge in [-0.15, -0.1) is 0 Å². The summed E-state index contributed by atoms with van der Waals surface area (Å²) in [4.78, 5) is 17.0. The maximum absolute atomic E-state index is 12.4. The molecule has 268 valence electrons. The van der Waals surface area contributed by atoms with E-state index in [4.69, 9.17) is 0 Å². The van der Waals surface area contributed by atoms with E-state index < -0.39 is 0 Å². The number of hydrogen-bond donors (Lipinski definition) is 1. The Kier molecular flexibility index (Phi) is 29.8. The Bertz CT molecular complexity index is 773. The molecule has 1 N–H and O–H groups in total. The molecule has 0 aromatic heterocycles. The topological polar surface area (TPSA) is 41.5 Å². The maximum Gasteiger partial charge on any atom is 0.231 e. The molecule has 4 heteroatoms. The van der Waals surface area contributed by atoms with Crippen molar-refractivity contribution in [1.29, 1.82) is 0 Å². The standard InChI is InChI=1S/C42H79N3O/c1-4-6-8-10-12-14-16-18-20-22-23-25-27-29-31-33-35-41-43-37-39-45(41,3)40-38-44-42(46)36-34-32-30-28-26-24-21-19-17-15-13-11-9-7-5-2/h33,35,37,39H,4-32,34,36,38,40H2,1-3H3/p+1. The minimum Gasteiger partial charge on any atom is -0.350 e. The van der Waals surface area contributed by atoms with Crippen molar-refractivity contribution in [2.24, 2.45) is 4.99 Å². The van der Waals surface area contributed by atoms with E-state index in [0.717, 1.165) is 25.2 Å². The molecule has 0 spiro atoms. The predicted octanol–water partition coefficient (Wildman–Crippen LogP) is 13.1. The van der Waals surface area contributed by atoms with Crippen molar-refractivity contribution in [3.05, 3.63) is 24.6 Å². The fourth-order valence-corrected chi connectivity index (χ4v) is 6.69. The summed E-state index contributed by atoms with van der Waals surface area (Å²) < 4.78 is 0.675. The van der Waals surface area contributed by atoms with Gasteiger partial charge in [0.25, 0.3) is 0 Å². The van der Waals surface area contributed by atoms with Crippen LogP contribution in [0.25, 0.3) is 0 Å². The molecule has 0 bridgehead atoms. The minimum atomic E-state index is 0.205. The predicted molar refractivity (Wildman–Crippen MR) is 204 cm³/mol. The van der Waals surface area contributed by atoms with Crippen LogP contribution in [0, 0.1) is 0 Å². The van der Waals surface area contributed by atoms with E-state index in [1.54, 1.807) is 0 Å². The average Bonchev–Trinajstić information content (AvgIpc) is 3.42. The first-order valence-electron chi connectivity index (χ1n) is 20.7. The Hall–Kier alpha value is -1.42. The van der Waals surface area contributed by atoms with Gasteiger partial charge in [-0.3, -0.25) is 4.79 Å². The number of likely N-dealkylation sites (N-methyl/N-ethyl adjacent to an activating group) is 1. The van der Waals surface area contributed by atoms with E-state index in [2.05, 4.69) is 49.6 Å². The molecule has 1 amide bonds. The zero-order valence-corrected chi connectivity index (χ0v) is 31.4. The Balaban J connectivity index is 1.94. The van der Waals surface area contributed by atoms with Crippen LogP contribution < -0.4 is 5.32 Å². The molecular weight excluding hydrogens is 562 g/mol. The molecule has 0 saturated carbocycles. The molecule has 1 heterocycles. The van der Waals surface area contributed by atoms with Crippen LogP contribution in [0.1, 0.15) is 213 Å². The molecular formula is C42H80N3O+. The number of carbonyl (C=O) groups is 1. The van der Waals surface area contributed by atoms with Gasteiger partial charge in [-0.05, 0) is 19.3 Å². The highest BCUT2D eigenvalue weighted by Crippen LogP contribution is 2.17. The van der Waals surface area contributed by atoms with Gasteiger partial charge in [-0.25, -0.2) is 4.48 Å². The molecule has 1 aliphatic rings. The highest BCUT2D eigenvalue weighted by molar-refractivity contribution is 5.89. The first-order valence-corrected chi connectivity index (χ1v) is 20.7. The normalized spacial score (nSPS) is 16.1. The highest BCUT2D eigenvalue weighted by Gasteiger charge is 2.28. The molecule has 0 aliphatic carbocycles. The Labute approximate surface area is 288 Å². The van der Waals surface area contributed by atoms with E-state index >= 15 is 0 Å². The summed E-state index contributed by atoms with van der Waals surface area (Å²) in [7, 11) is 2.19. The maximum atomic E-state index is 12.4. The lowest BCUT2D eigenvalue weighted by atomic mass is 10.0. The Morgan fingerprint density at radius 1 is 0.609 bits per heavy atom. The molecule has 1 atom stereocenters. The summed E-state index contributed by atoms with van der Waals surface area (Å²) in [6.45, 7) is 6.13. The van der Waals surface area contributed by atoms with Crippen LogP contribution in [0.5, 0.6) is 0 Å². The molecule has 1 rings (SSSR count). The highest BCUT2D eigenvalue weighted by atomic mass is 16.1. The van der Waals surface area contributed by atoms with Crippen LogP contribution in [0.15, 0.2) is 29.5 Å². The van der Waals surface area contributed by atoms with Gasteiger partial charge in [0, 0.05) is 12.5 Å². The average molecular weight is 643 g/mol. The van der Waals surface area contributed by atoms with Gasteiger partial charge in [0.2, 0.25) is 11.7 Å². The van der Waals surface area contributed by atoms with Crippen molar-refractivity contribution in [2.45, 2.75) is 213 Å². The van der Waals surface area contributed by atoms with Crippen molar-refractivity contribution < 1.29 is 9.28 Å². The molecule has 0 fully saturated rings. The lowest BCUT2D eigenvalue weighted by Crippen LogP contribution is -2.46. The lowest BCUT2D eigenvalue weighted by Gasteiger charge is -2.26. The number of hydrogen-bond acceptors (Lipinski definition) is 2. The molecule has 4 nitrogen and oxygen atoms in total. The number of quaternary nitrogens is 1. The number of rotatable bonds is 35. The van der Waals surface area contributed by atoms with Crippen LogP contribution >= 0.6 is 0 Å². The summed E-state index contributed by atoms with van der Waals surface area (Å²) in [5.41, 5.74) is 0. The first-order chi connectivity index (χ1) is 22.6. The van der Waals surface area contributed by atoms with E-state index in [0.29, 0.717) is 17.4 Å². The third-order valence-electron chi connectivity index (χ3n) is 10.0. The van der Waals surface area contributed by atoms with Gasteiger partial charge in [0.15, 0.2) is 0 Å². The third kappa shape index (κ3) is 25.6.